The molecule has 1 saturated heterocycles. The van der Waals surface area contributed by atoms with Crippen molar-refractivity contribution in [2.45, 2.75) is 12.5 Å². The third-order valence-electron chi connectivity index (χ3n) is 3.31. The molecular weight excluding hydrogens is 281 g/mol. The van der Waals surface area contributed by atoms with Crippen molar-refractivity contribution in [3.05, 3.63) is 29.6 Å². The molecule has 7 heteroatoms. The van der Waals surface area contributed by atoms with Crippen LogP contribution in [0.25, 0.3) is 0 Å². The van der Waals surface area contributed by atoms with E-state index in [9.17, 15) is 14.0 Å². The number of nitrogens with zero attached hydrogens (tertiary/aromatic N) is 1. The lowest BCUT2D eigenvalue weighted by molar-refractivity contribution is -0.139. The summed E-state index contributed by atoms with van der Waals surface area (Å²) in [5.74, 6) is -2.36. The summed E-state index contributed by atoms with van der Waals surface area (Å²) in [6.45, 7) is 0.657. The van der Waals surface area contributed by atoms with Crippen molar-refractivity contribution in [1.29, 1.82) is 0 Å². The third kappa shape index (κ3) is 3.30. The first kappa shape index (κ1) is 15.2. The molecule has 0 aliphatic carbocycles. The van der Waals surface area contributed by atoms with E-state index in [-0.39, 0.29) is 30.9 Å². The molecule has 1 heterocycles. The molecule has 1 aromatic carbocycles. The number of carboxylic acid groups (broad SMARTS) is 1. The van der Waals surface area contributed by atoms with Crippen LogP contribution in [0.15, 0.2) is 18.2 Å². The number of halogens is 1. The minimum atomic E-state index is -1.03. The predicted octanol–water partition coefficient (Wildman–Crippen LogP) is 1.15. The average molecular weight is 297 g/mol. The number of hydrogen-bond donors (Lipinski definition) is 1. The zero-order valence-corrected chi connectivity index (χ0v) is 11.5. The van der Waals surface area contributed by atoms with Gasteiger partial charge >= 0.3 is 5.97 Å². The van der Waals surface area contributed by atoms with E-state index in [4.69, 9.17) is 14.6 Å². The molecule has 0 bridgehead atoms. The van der Waals surface area contributed by atoms with Crippen molar-refractivity contribution in [3.8, 4) is 5.75 Å². The minimum Gasteiger partial charge on any atom is -0.494 e. The number of hydrogen-bond acceptors (Lipinski definition) is 4. The van der Waals surface area contributed by atoms with Crippen LogP contribution in [-0.2, 0) is 9.53 Å². The minimum absolute atomic E-state index is 0.0242. The highest BCUT2D eigenvalue weighted by atomic mass is 19.1. The predicted molar refractivity (Wildman–Crippen MR) is 70.8 cm³/mol. The maximum absolute atomic E-state index is 14.1. The molecule has 6 nitrogen and oxygen atoms in total. The smallest absolute Gasteiger partial charge is 0.305 e. The normalized spacial score (nSPS) is 18.4. The van der Waals surface area contributed by atoms with Gasteiger partial charge in [0.1, 0.15) is 0 Å². The van der Waals surface area contributed by atoms with E-state index in [2.05, 4.69) is 0 Å². The Morgan fingerprint density at radius 2 is 2.29 bits per heavy atom. The number of aliphatic carboxylic acids is 1. The molecule has 1 atom stereocenters. The van der Waals surface area contributed by atoms with Crippen LogP contribution in [0, 0.1) is 5.82 Å². The highest BCUT2D eigenvalue weighted by Crippen LogP contribution is 2.23. The van der Waals surface area contributed by atoms with E-state index in [1.807, 2.05) is 0 Å². The van der Waals surface area contributed by atoms with E-state index < -0.39 is 23.7 Å². The molecule has 1 N–H and O–H groups in total. The molecule has 1 amide bonds. The van der Waals surface area contributed by atoms with Crippen LogP contribution in [-0.4, -0.2) is 54.8 Å². The summed E-state index contributed by atoms with van der Waals surface area (Å²) in [7, 11) is 1.31. The number of rotatable bonds is 4. The average Bonchev–Trinajstić information content (AvgIpc) is 2.47. The number of morpholine rings is 1. The molecule has 1 aromatic rings. The van der Waals surface area contributed by atoms with Crippen LogP contribution in [0.3, 0.4) is 0 Å². The summed E-state index contributed by atoms with van der Waals surface area (Å²) in [5, 5.41) is 8.89. The summed E-state index contributed by atoms with van der Waals surface area (Å²) < 4.78 is 24.2. The van der Waals surface area contributed by atoms with Gasteiger partial charge in [-0.15, -0.1) is 0 Å². The number of carbonyl (C=O) groups excluding carboxylic acids is 1. The Bertz CT molecular complexity index is 548. The van der Waals surface area contributed by atoms with E-state index >= 15 is 0 Å². The standard InChI is InChI=1S/C14H16FNO5/c1-20-11-4-2-3-10(13(11)15)14(19)16-5-6-21-8-9(16)7-12(17)18/h2-4,9H,5-8H2,1H3,(H,17,18). The zero-order chi connectivity index (χ0) is 15.4. The Kier molecular flexibility index (Phi) is 4.74. The van der Waals surface area contributed by atoms with E-state index in [1.54, 1.807) is 0 Å². The molecule has 2 rings (SSSR count). The highest BCUT2D eigenvalue weighted by molar-refractivity contribution is 5.95. The van der Waals surface area contributed by atoms with E-state index in [1.165, 1.54) is 30.2 Å². The van der Waals surface area contributed by atoms with Gasteiger partial charge in [0, 0.05) is 6.54 Å². The van der Waals surface area contributed by atoms with Gasteiger partial charge in [0.25, 0.3) is 5.91 Å². The monoisotopic (exact) mass is 297 g/mol. The van der Waals surface area contributed by atoms with Crippen molar-refractivity contribution in [2.75, 3.05) is 26.9 Å². The van der Waals surface area contributed by atoms with Crippen molar-refractivity contribution >= 4 is 11.9 Å². The fraction of sp³-hybridized carbons (Fsp3) is 0.429. The number of ether oxygens (including phenoxy) is 2. The summed E-state index contributed by atoms with van der Waals surface area (Å²) in [4.78, 5) is 24.7. The summed E-state index contributed by atoms with van der Waals surface area (Å²) >= 11 is 0. The summed E-state index contributed by atoms with van der Waals surface area (Å²) in [6, 6.07) is 3.68. The second-order valence-electron chi connectivity index (χ2n) is 4.65. The molecular formula is C14H16FNO5. The fourth-order valence-corrected chi connectivity index (χ4v) is 2.28. The van der Waals surface area contributed by atoms with Gasteiger partial charge in [-0.05, 0) is 12.1 Å². The molecule has 21 heavy (non-hydrogen) atoms. The van der Waals surface area contributed by atoms with Gasteiger partial charge in [0.15, 0.2) is 11.6 Å². The van der Waals surface area contributed by atoms with E-state index in [0.29, 0.717) is 6.61 Å². The Hall–Kier alpha value is -2.15. The lowest BCUT2D eigenvalue weighted by atomic mass is 10.1. The van der Waals surface area contributed by atoms with Gasteiger partial charge in [0.05, 0.1) is 38.3 Å². The molecule has 0 radical (unpaired) electrons. The molecule has 1 aliphatic heterocycles. The van der Waals surface area contributed by atoms with Gasteiger partial charge in [0.2, 0.25) is 0 Å². The maximum atomic E-state index is 14.1. The summed E-state index contributed by atoms with van der Waals surface area (Å²) in [6.07, 6.45) is -0.239. The SMILES string of the molecule is COc1cccc(C(=O)N2CCOCC2CC(=O)O)c1F. The molecule has 1 fully saturated rings. The molecule has 0 aromatic heterocycles. The lowest BCUT2D eigenvalue weighted by Gasteiger charge is -2.35. The second-order valence-corrected chi connectivity index (χ2v) is 4.65. The lowest BCUT2D eigenvalue weighted by Crippen LogP contribution is -2.49. The van der Waals surface area contributed by atoms with Crippen LogP contribution in [0.1, 0.15) is 16.8 Å². The molecule has 1 aliphatic rings. The van der Waals surface area contributed by atoms with Gasteiger partial charge in [-0.25, -0.2) is 4.39 Å². The van der Waals surface area contributed by atoms with Crippen molar-refractivity contribution in [3.63, 3.8) is 0 Å². The van der Waals surface area contributed by atoms with Crippen LogP contribution in [0.4, 0.5) is 4.39 Å². The Morgan fingerprint density at radius 3 is 2.95 bits per heavy atom. The van der Waals surface area contributed by atoms with Crippen LogP contribution in [0.2, 0.25) is 0 Å². The van der Waals surface area contributed by atoms with Gasteiger partial charge in [-0.2, -0.15) is 0 Å². The van der Waals surface area contributed by atoms with Crippen molar-refractivity contribution in [2.24, 2.45) is 0 Å². The Morgan fingerprint density at radius 1 is 1.52 bits per heavy atom. The van der Waals surface area contributed by atoms with Crippen molar-refractivity contribution < 1.29 is 28.6 Å². The topological polar surface area (TPSA) is 76.1 Å². The number of methoxy groups -OCH3 is 1. The Labute approximate surface area is 121 Å². The number of carboxylic acids is 1. The largest absolute Gasteiger partial charge is 0.494 e. The Balaban J connectivity index is 2.26. The quantitative estimate of drug-likeness (QED) is 0.902. The molecule has 1 unspecified atom stereocenters. The van der Waals surface area contributed by atoms with Gasteiger partial charge < -0.3 is 19.5 Å². The van der Waals surface area contributed by atoms with Gasteiger partial charge in [-0.3, -0.25) is 9.59 Å². The zero-order valence-electron chi connectivity index (χ0n) is 11.5. The third-order valence-corrected chi connectivity index (χ3v) is 3.31. The first-order valence-corrected chi connectivity index (χ1v) is 6.47. The highest BCUT2D eigenvalue weighted by Gasteiger charge is 2.31. The molecule has 0 spiro atoms. The molecule has 0 saturated carbocycles. The number of amides is 1. The maximum Gasteiger partial charge on any atom is 0.305 e. The summed E-state index contributed by atoms with van der Waals surface area (Å²) in [5.41, 5.74) is -0.133. The van der Waals surface area contributed by atoms with Crippen LogP contribution < -0.4 is 4.74 Å². The molecule has 114 valence electrons. The first-order chi connectivity index (χ1) is 10.0. The first-order valence-electron chi connectivity index (χ1n) is 6.47. The fourth-order valence-electron chi connectivity index (χ4n) is 2.28. The van der Waals surface area contributed by atoms with Crippen molar-refractivity contribution in [1.82, 2.24) is 4.90 Å². The van der Waals surface area contributed by atoms with Crippen LogP contribution >= 0.6 is 0 Å². The second kappa shape index (κ2) is 6.53. The van der Waals surface area contributed by atoms with E-state index in [0.717, 1.165) is 0 Å². The van der Waals surface area contributed by atoms with Gasteiger partial charge in [-0.1, -0.05) is 6.07 Å². The number of benzene rings is 1. The van der Waals surface area contributed by atoms with Crippen LogP contribution in [0.5, 0.6) is 5.75 Å². The number of carbonyl (C=O) groups is 2.